The fourth-order valence-corrected chi connectivity index (χ4v) is 2.42. The number of ether oxygens (including phenoxy) is 1. The molecule has 0 amide bonds. The molecule has 2 unspecified atom stereocenters. The zero-order valence-corrected chi connectivity index (χ0v) is 11.8. The minimum atomic E-state index is 0.425. The molecule has 0 spiro atoms. The highest BCUT2D eigenvalue weighted by Gasteiger charge is 2.38. The normalized spacial score (nSPS) is 20.5. The van der Waals surface area contributed by atoms with Crippen molar-refractivity contribution in [2.24, 2.45) is 0 Å². The van der Waals surface area contributed by atoms with E-state index in [2.05, 4.69) is 39.6 Å². The maximum absolute atomic E-state index is 5.45. The molecule has 1 heterocycles. The van der Waals surface area contributed by atoms with Gasteiger partial charge >= 0.3 is 0 Å². The molecule has 4 nitrogen and oxygen atoms in total. The van der Waals surface area contributed by atoms with Crippen LogP contribution < -0.4 is 10.1 Å². The van der Waals surface area contributed by atoms with Crippen molar-refractivity contribution < 1.29 is 4.74 Å². The van der Waals surface area contributed by atoms with E-state index in [9.17, 15) is 0 Å². The molecule has 2 atom stereocenters. The predicted octanol–water partition coefficient (Wildman–Crippen LogP) is 3.15. The van der Waals surface area contributed by atoms with E-state index in [-0.39, 0.29) is 0 Å². The van der Waals surface area contributed by atoms with Crippen molar-refractivity contribution in [2.75, 3.05) is 11.9 Å². The van der Waals surface area contributed by atoms with Crippen LogP contribution in [0.1, 0.15) is 30.5 Å². The molecule has 1 aliphatic carbocycles. The lowest BCUT2D eigenvalue weighted by molar-refractivity contribution is 0.326. The predicted molar refractivity (Wildman–Crippen MR) is 79.1 cm³/mol. The topological polar surface area (TPSA) is 47.0 Å². The fourth-order valence-electron chi connectivity index (χ4n) is 2.42. The summed E-state index contributed by atoms with van der Waals surface area (Å²) in [4.78, 5) is 8.81. The van der Waals surface area contributed by atoms with Crippen LogP contribution in [0.3, 0.4) is 0 Å². The van der Waals surface area contributed by atoms with Crippen LogP contribution >= 0.6 is 0 Å². The van der Waals surface area contributed by atoms with Crippen LogP contribution in [0.4, 0.5) is 5.95 Å². The molecule has 1 fully saturated rings. The summed E-state index contributed by atoms with van der Waals surface area (Å²) in [6.07, 6.45) is 1.13. The standard InChI is InChI=1S/C16H19N3O/c1-3-20-15-9-11(2)17-16(19-15)18-14-10-13(14)12-7-5-4-6-8-12/h4-9,13-14H,3,10H2,1-2H3,(H,17,18,19). The van der Waals surface area contributed by atoms with E-state index in [1.54, 1.807) is 0 Å². The van der Waals surface area contributed by atoms with Crippen LogP contribution in [0.2, 0.25) is 0 Å². The van der Waals surface area contributed by atoms with Gasteiger partial charge in [-0.05, 0) is 25.8 Å². The van der Waals surface area contributed by atoms with E-state index in [0.717, 1.165) is 12.1 Å². The molecule has 0 saturated heterocycles. The molecule has 1 aliphatic rings. The molecule has 104 valence electrons. The SMILES string of the molecule is CCOc1cc(C)nc(NC2CC2c2ccccc2)n1. The summed E-state index contributed by atoms with van der Waals surface area (Å²) in [6, 6.07) is 12.9. The Kier molecular flexibility index (Phi) is 3.54. The lowest BCUT2D eigenvalue weighted by Crippen LogP contribution is -2.09. The van der Waals surface area contributed by atoms with Gasteiger partial charge in [-0.15, -0.1) is 0 Å². The number of aromatic nitrogens is 2. The Morgan fingerprint density at radius 3 is 2.80 bits per heavy atom. The molecule has 0 radical (unpaired) electrons. The molecule has 3 rings (SSSR count). The van der Waals surface area contributed by atoms with Crippen LogP contribution in [0.5, 0.6) is 5.88 Å². The van der Waals surface area contributed by atoms with Crippen molar-refractivity contribution >= 4 is 5.95 Å². The van der Waals surface area contributed by atoms with E-state index in [1.165, 1.54) is 5.56 Å². The van der Waals surface area contributed by atoms with Crippen molar-refractivity contribution in [2.45, 2.75) is 32.2 Å². The highest BCUT2D eigenvalue weighted by atomic mass is 16.5. The molecule has 1 saturated carbocycles. The Bertz CT molecular complexity index is 586. The number of aryl methyl sites for hydroxylation is 1. The summed E-state index contributed by atoms with van der Waals surface area (Å²) in [5.41, 5.74) is 2.30. The van der Waals surface area contributed by atoms with E-state index in [4.69, 9.17) is 4.74 Å². The van der Waals surface area contributed by atoms with Crippen LogP contribution in [0.15, 0.2) is 36.4 Å². The van der Waals surface area contributed by atoms with Gasteiger partial charge in [0.2, 0.25) is 11.8 Å². The van der Waals surface area contributed by atoms with Crippen LogP contribution in [-0.2, 0) is 0 Å². The number of nitrogens with one attached hydrogen (secondary N) is 1. The molecule has 0 bridgehead atoms. The molecule has 1 N–H and O–H groups in total. The third-order valence-electron chi connectivity index (χ3n) is 3.46. The average molecular weight is 269 g/mol. The molecular formula is C16H19N3O. The highest BCUT2D eigenvalue weighted by molar-refractivity contribution is 5.38. The third-order valence-corrected chi connectivity index (χ3v) is 3.46. The number of nitrogens with zero attached hydrogens (tertiary/aromatic N) is 2. The average Bonchev–Trinajstić information content (AvgIpc) is 3.19. The number of hydrogen-bond acceptors (Lipinski definition) is 4. The van der Waals surface area contributed by atoms with E-state index < -0.39 is 0 Å². The van der Waals surface area contributed by atoms with Gasteiger partial charge in [-0.1, -0.05) is 30.3 Å². The summed E-state index contributed by atoms with van der Waals surface area (Å²) >= 11 is 0. The molecule has 2 aromatic rings. The largest absolute Gasteiger partial charge is 0.478 e. The van der Waals surface area contributed by atoms with Gasteiger partial charge in [0.1, 0.15) is 0 Å². The first-order chi connectivity index (χ1) is 9.76. The first kappa shape index (κ1) is 12.9. The maximum atomic E-state index is 5.45. The Labute approximate surface area is 119 Å². The fraction of sp³-hybridized carbons (Fsp3) is 0.375. The smallest absolute Gasteiger partial charge is 0.226 e. The molecular weight excluding hydrogens is 250 g/mol. The molecule has 1 aromatic carbocycles. The Morgan fingerprint density at radius 1 is 1.25 bits per heavy atom. The van der Waals surface area contributed by atoms with Gasteiger partial charge < -0.3 is 10.1 Å². The number of hydrogen-bond donors (Lipinski definition) is 1. The molecule has 20 heavy (non-hydrogen) atoms. The summed E-state index contributed by atoms with van der Waals surface area (Å²) in [5, 5.41) is 3.40. The first-order valence-electron chi connectivity index (χ1n) is 7.06. The van der Waals surface area contributed by atoms with Gasteiger partial charge in [0.15, 0.2) is 0 Å². The van der Waals surface area contributed by atoms with Gasteiger partial charge in [0, 0.05) is 23.7 Å². The van der Waals surface area contributed by atoms with Gasteiger partial charge in [0.05, 0.1) is 6.61 Å². The molecule has 1 aromatic heterocycles. The molecule has 4 heteroatoms. The second kappa shape index (κ2) is 5.49. The summed E-state index contributed by atoms with van der Waals surface area (Å²) in [7, 11) is 0. The van der Waals surface area contributed by atoms with Crippen LogP contribution in [-0.4, -0.2) is 22.6 Å². The number of anilines is 1. The second-order valence-corrected chi connectivity index (χ2v) is 5.11. The summed E-state index contributed by atoms with van der Waals surface area (Å²) in [6.45, 7) is 4.53. The van der Waals surface area contributed by atoms with Crippen molar-refractivity contribution in [1.82, 2.24) is 9.97 Å². The lowest BCUT2D eigenvalue weighted by Gasteiger charge is -2.08. The van der Waals surface area contributed by atoms with E-state index in [1.807, 2.05) is 26.0 Å². The van der Waals surface area contributed by atoms with Gasteiger partial charge in [-0.2, -0.15) is 4.98 Å². The Hall–Kier alpha value is -2.10. The first-order valence-corrected chi connectivity index (χ1v) is 7.06. The quantitative estimate of drug-likeness (QED) is 0.905. The minimum Gasteiger partial charge on any atom is -0.478 e. The number of rotatable bonds is 5. The van der Waals surface area contributed by atoms with Gasteiger partial charge in [-0.3, -0.25) is 0 Å². The van der Waals surface area contributed by atoms with Crippen molar-refractivity contribution in [3.63, 3.8) is 0 Å². The zero-order valence-electron chi connectivity index (χ0n) is 11.8. The van der Waals surface area contributed by atoms with Crippen molar-refractivity contribution in [3.8, 4) is 5.88 Å². The van der Waals surface area contributed by atoms with Gasteiger partial charge in [0.25, 0.3) is 0 Å². The Balaban J connectivity index is 1.68. The highest BCUT2D eigenvalue weighted by Crippen LogP contribution is 2.42. The monoisotopic (exact) mass is 269 g/mol. The van der Waals surface area contributed by atoms with Crippen LogP contribution in [0, 0.1) is 6.92 Å². The van der Waals surface area contributed by atoms with Crippen LogP contribution in [0.25, 0.3) is 0 Å². The second-order valence-electron chi connectivity index (χ2n) is 5.11. The van der Waals surface area contributed by atoms with E-state index >= 15 is 0 Å². The lowest BCUT2D eigenvalue weighted by atomic mass is 10.1. The van der Waals surface area contributed by atoms with Crippen molar-refractivity contribution in [1.29, 1.82) is 0 Å². The third kappa shape index (κ3) is 2.90. The number of benzene rings is 1. The van der Waals surface area contributed by atoms with Crippen molar-refractivity contribution in [3.05, 3.63) is 47.7 Å². The minimum absolute atomic E-state index is 0.425. The van der Waals surface area contributed by atoms with E-state index in [0.29, 0.717) is 30.4 Å². The summed E-state index contributed by atoms with van der Waals surface area (Å²) < 4.78 is 5.45. The molecule has 0 aliphatic heterocycles. The van der Waals surface area contributed by atoms with Gasteiger partial charge in [-0.25, -0.2) is 4.98 Å². The maximum Gasteiger partial charge on any atom is 0.226 e. The summed E-state index contributed by atoms with van der Waals surface area (Å²) in [5.74, 6) is 1.87. The Morgan fingerprint density at radius 2 is 2.05 bits per heavy atom. The zero-order chi connectivity index (χ0) is 13.9.